The summed E-state index contributed by atoms with van der Waals surface area (Å²) in [5.41, 5.74) is 0.896. The molecule has 0 saturated carbocycles. The normalized spacial score (nSPS) is 10.7. The van der Waals surface area contributed by atoms with Crippen LogP contribution in [0.2, 0.25) is 9.49 Å². The third-order valence-electron chi connectivity index (χ3n) is 2.56. The lowest BCUT2D eigenvalue weighted by Crippen LogP contribution is -2.19. The number of rotatable bonds is 3. The molecule has 2 aromatic heterocycles. The molecular weight excluding hydrogens is 289 g/mol. The summed E-state index contributed by atoms with van der Waals surface area (Å²) in [4.78, 5) is 11.8. The highest BCUT2D eigenvalue weighted by Gasteiger charge is 2.12. The second-order valence-corrected chi connectivity index (χ2v) is 6.23. The van der Waals surface area contributed by atoms with Crippen molar-refractivity contribution in [1.29, 1.82) is 0 Å². The van der Waals surface area contributed by atoms with Gasteiger partial charge < -0.3 is 4.90 Å². The second kappa shape index (κ2) is 5.43. The Hall–Kier alpha value is -0.840. The first-order valence-corrected chi connectivity index (χ1v) is 7.00. The Bertz CT molecular complexity index is 568. The zero-order valence-electron chi connectivity index (χ0n) is 10.4. The molecule has 0 radical (unpaired) electrons. The van der Waals surface area contributed by atoms with Crippen molar-refractivity contribution in [3.63, 3.8) is 0 Å². The van der Waals surface area contributed by atoms with Crippen LogP contribution in [0.5, 0.6) is 0 Å². The number of halogens is 2. The van der Waals surface area contributed by atoms with Crippen LogP contribution in [0.1, 0.15) is 16.3 Å². The van der Waals surface area contributed by atoms with Crippen LogP contribution in [-0.4, -0.2) is 17.0 Å². The standard InChI is InChI=1S/C12H13Cl2N3S/c1-7-11(14)15-8(2)16-12(7)17(3)6-9-4-5-10(13)18-9/h4-5H,6H2,1-3H3. The Kier molecular flexibility index (Phi) is 4.10. The Morgan fingerprint density at radius 1 is 1.22 bits per heavy atom. The highest BCUT2D eigenvalue weighted by Crippen LogP contribution is 2.27. The van der Waals surface area contributed by atoms with Gasteiger partial charge in [-0.25, -0.2) is 9.97 Å². The summed E-state index contributed by atoms with van der Waals surface area (Å²) in [5, 5.41) is 0.508. The van der Waals surface area contributed by atoms with Gasteiger partial charge in [0.2, 0.25) is 0 Å². The first-order chi connectivity index (χ1) is 8.47. The largest absolute Gasteiger partial charge is 0.354 e. The van der Waals surface area contributed by atoms with E-state index in [0.29, 0.717) is 11.0 Å². The highest BCUT2D eigenvalue weighted by molar-refractivity contribution is 7.16. The van der Waals surface area contributed by atoms with Gasteiger partial charge in [-0.3, -0.25) is 0 Å². The molecule has 0 aliphatic heterocycles. The van der Waals surface area contributed by atoms with E-state index in [2.05, 4.69) is 14.9 Å². The van der Waals surface area contributed by atoms with E-state index < -0.39 is 0 Å². The van der Waals surface area contributed by atoms with Crippen LogP contribution in [0.15, 0.2) is 12.1 Å². The fourth-order valence-corrected chi connectivity index (χ4v) is 3.05. The predicted octanol–water partition coefficient (Wildman–Crippen LogP) is 4.10. The van der Waals surface area contributed by atoms with Gasteiger partial charge in [-0.2, -0.15) is 0 Å². The van der Waals surface area contributed by atoms with Crippen LogP contribution < -0.4 is 4.90 Å². The van der Waals surface area contributed by atoms with Crippen molar-refractivity contribution in [2.75, 3.05) is 11.9 Å². The number of nitrogens with zero attached hydrogens (tertiary/aromatic N) is 3. The average Bonchev–Trinajstić information content (AvgIpc) is 2.69. The number of aryl methyl sites for hydroxylation is 1. The number of thiophene rings is 1. The van der Waals surface area contributed by atoms with E-state index in [4.69, 9.17) is 23.2 Å². The molecule has 0 N–H and O–H groups in total. The number of anilines is 1. The Morgan fingerprint density at radius 3 is 2.56 bits per heavy atom. The van der Waals surface area contributed by atoms with E-state index in [1.54, 1.807) is 11.3 Å². The summed E-state index contributed by atoms with van der Waals surface area (Å²) in [5.74, 6) is 1.54. The van der Waals surface area contributed by atoms with E-state index in [0.717, 1.165) is 22.3 Å². The van der Waals surface area contributed by atoms with Crippen LogP contribution in [0.4, 0.5) is 5.82 Å². The van der Waals surface area contributed by atoms with Gasteiger partial charge in [0.15, 0.2) is 0 Å². The molecule has 0 aliphatic rings. The maximum Gasteiger partial charge on any atom is 0.137 e. The van der Waals surface area contributed by atoms with Gasteiger partial charge in [0.25, 0.3) is 0 Å². The molecule has 6 heteroatoms. The molecule has 96 valence electrons. The molecular formula is C12H13Cl2N3S. The van der Waals surface area contributed by atoms with Gasteiger partial charge in [0.1, 0.15) is 16.8 Å². The topological polar surface area (TPSA) is 29.0 Å². The van der Waals surface area contributed by atoms with Gasteiger partial charge in [-0.15, -0.1) is 11.3 Å². The molecule has 2 heterocycles. The molecule has 0 amide bonds. The van der Waals surface area contributed by atoms with Crippen LogP contribution in [0.25, 0.3) is 0 Å². The van der Waals surface area contributed by atoms with Gasteiger partial charge in [0, 0.05) is 17.5 Å². The molecule has 0 saturated heterocycles. The lowest BCUT2D eigenvalue weighted by molar-refractivity contribution is 0.880. The molecule has 0 unspecified atom stereocenters. The number of hydrogen-bond donors (Lipinski definition) is 0. The summed E-state index contributed by atoms with van der Waals surface area (Å²) in [6.45, 7) is 4.52. The minimum atomic E-state index is 0.508. The van der Waals surface area contributed by atoms with E-state index in [1.807, 2.05) is 33.0 Å². The molecule has 0 aromatic carbocycles. The van der Waals surface area contributed by atoms with Crippen molar-refractivity contribution in [2.45, 2.75) is 20.4 Å². The maximum atomic E-state index is 6.07. The summed E-state index contributed by atoms with van der Waals surface area (Å²) < 4.78 is 0.798. The van der Waals surface area contributed by atoms with Gasteiger partial charge in [-0.05, 0) is 26.0 Å². The van der Waals surface area contributed by atoms with Crippen molar-refractivity contribution in [3.8, 4) is 0 Å². The third kappa shape index (κ3) is 2.94. The van der Waals surface area contributed by atoms with Crippen molar-refractivity contribution in [1.82, 2.24) is 9.97 Å². The highest BCUT2D eigenvalue weighted by atomic mass is 35.5. The van der Waals surface area contributed by atoms with Gasteiger partial charge in [0.05, 0.1) is 10.9 Å². The van der Waals surface area contributed by atoms with Gasteiger partial charge in [-0.1, -0.05) is 23.2 Å². The molecule has 0 fully saturated rings. The Labute approximate surface area is 120 Å². The molecule has 2 aromatic rings. The summed E-state index contributed by atoms with van der Waals surface area (Å²) >= 11 is 13.6. The fourth-order valence-electron chi connectivity index (χ4n) is 1.70. The quantitative estimate of drug-likeness (QED) is 0.799. The first-order valence-electron chi connectivity index (χ1n) is 5.43. The van der Waals surface area contributed by atoms with Crippen molar-refractivity contribution < 1.29 is 0 Å². The lowest BCUT2D eigenvalue weighted by Gasteiger charge is -2.20. The van der Waals surface area contributed by atoms with Crippen LogP contribution in [0.3, 0.4) is 0 Å². The minimum Gasteiger partial charge on any atom is -0.354 e. The molecule has 0 spiro atoms. The molecule has 18 heavy (non-hydrogen) atoms. The third-order valence-corrected chi connectivity index (χ3v) is 4.14. The van der Waals surface area contributed by atoms with Crippen LogP contribution in [0, 0.1) is 13.8 Å². The predicted molar refractivity (Wildman–Crippen MR) is 78.0 cm³/mol. The molecule has 0 bridgehead atoms. The van der Waals surface area contributed by atoms with E-state index in [-0.39, 0.29) is 0 Å². The minimum absolute atomic E-state index is 0.508. The maximum absolute atomic E-state index is 6.07. The van der Waals surface area contributed by atoms with Crippen LogP contribution in [-0.2, 0) is 6.54 Å². The number of aromatic nitrogens is 2. The SMILES string of the molecule is Cc1nc(Cl)c(C)c(N(C)Cc2ccc(Cl)s2)n1. The fraction of sp³-hybridized carbons (Fsp3) is 0.333. The van der Waals surface area contributed by atoms with Gasteiger partial charge >= 0.3 is 0 Å². The summed E-state index contributed by atoms with van der Waals surface area (Å²) in [7, 11) is 1.98. The number of hydrogen-bond acceptors (Lipinski definition) is 4. The molecule has 2 rings (SSSR count). The smallest absolute Gasteiger partial charge is 0.137 e. The van der Waals surface area contributed by atoms with Crippen LogP contribution >= 0.6 is 34.5 Å². The first kappa shape index (κ1) is 13.6. The van der Waals surface area contributed by atoms with E-state index in [1.165, 1.54) is 4.88 Å². The zero-order chi connectivity index (χ0) is 13.3. The van der Waals surface area contributed by atoms with Crippen molar-refractivity contribution in [3.05, 3.63) is 37.9 Å². The second-order valence-electron chi connectivity index (χ2n) is 4.07. The molecule has 0 aliphatic carbocycles. The molecule has 3 nitrogen and oxygen atoms in total. The summed E-state index contributed by atoms with van der Waals surface area (Å²) in [6, 6.07) is 3.93. The molecule has 0 atom stereocenters. The lowest BCUT2D eigenvalue weighted by atomic mass is 10.3. The van der Waals surface area contributed by atoms with Crippen molar-refractivity contribution in [2.24, 2.45) is 0 Å². The van der Waals surface area contributed by atoms with E-state index >= 15 is 0 Å². The van der Waals surface area contributed by atoms with Crippen molar-refractivity contribution >= 4 is 40.4 Å². The summed E-state index contributed by atoms with van der Waals surface area (Å²) in [6.07, 6.45) is 0. The Balaban J connectivity index is 2.26. The monoisotopic (exact) mass is 301 g/mol. The Morgan fingerprint density at radius 2 is 1.94 bits per heavy atom. The zero-order valence-corrected chi connectivity index (χ0v) is 12.7. The van der Waals surface area contributed by atoms with E-state index in [9.17, 15) is 0 Å². The average molecular weight is 302 g/mol.